The third-order valence-electron chi connectivity index (χ3n) is 4.41. The van der Waals surface area contributed by atoms with Crippen LogP contribution in [0.3, 0.4) is 0 Å². The number of rotatable bonds is 2. The summed E-state index contributed by atoms with van der Waals surface area (Å²) in [7, 11) is 0. The SMILES string of the molecule is O=Cc1ccccc1C1(O)c2ccc(O)cc2Oc2cc(O)ccc21. The Balaban J connectivity index is 2.09. The van der Waals surface area contributed by atoms with Crippen LogP contribution in [0, 0.1) is 0 Å². The van der Waals surface area contributed by atoms with Gasteiger partial charge in [0.05, 0.1) is 0 Å². The van der Waals surface area contributed by atoms with Gasteiger partial charge in [-0.2, -0.15) is 0 Å². The van der Waals surface area contributed by atoms with Crippen LogP contribution in [0.25, 0.3) is 0 Å². The number of carbonyl (C=O) groups excluding carboxylic acids is 1. The second kappa shape index (κ2) is 5.36. The van der Waals surface area contributed by atoms with Gasteiger partial charge in [0, 0.05) is 34.4 Å². The molecule has 1 aliphatic heterocycles. The molecule has 0 amide bonds. The fourth-order valence-corrected chi connectivity index (χ4v) is 3.27. The molecule has 0 bridgehead atoms. The minimum atomic E-state index is -1.66. The van der Waals surface area contributed by atoms with Crippen molar-refractivity contribution < 1.29 is 24.9 Å². The van der Waals surface area contributed by atoms with E-state index < -0.39 is 5.60 Å². The van der Waals surface area contributed by atoms with Crippen LogP contribution < -0.4 is 4.74 Å². The van der Waals surface area contributed by atoms with E-state index in [-0.39, 0.29) is 23.0 Å². The molecule has 0 saturated heterocycles. The van der Waals surface area contributed by atoms with E-state index in [4.69, 9.17) is 4.74 Å². The summed E-state index contributed by atoms with van der Waals surface area (Å²) in [5.74, 6) is 0.462. The normalized spacial score (nSPS) is 14.1. The number of aromatic hydroxyl groups is 2. The van der Waals surface area contributed by atoms with Crippen molar-refractivity contribution in [1.82, 2.24) is 0 Å². The lowest BCUT2D eigenvalue weighted by Crippen LogP contribution is -2.33. The second-order valence-corrected chi connectivity index (χ2v) is 5.88. The average Bonchev–Trinajstić information content (AvgIpc) is 2.61. The highest BCUT2D eigenvalue weighted by atomic mass is 16.5. The fraction of sp³-hybridized carbons (Fsp3) is 0.0500. The van der Waals surface area contributed by atoms with Crippen LogP contribution >= 0.6 is 0 Å². The van der Waals surface area contributed by atoms with E-state index in [0.29, 0.717) is 28.5 Å². The van der Waals surface area contributed by atoms with Gasteiger partial charge >= 0.3 is 0 Å². The van der Waals surface area contributed by atoms with E-state index in [1.165, 1.54) is 24.3 Å². The summed E-state index contributed by atoms with van der Waals surface area (Å²) in [5.41, 5.74) is -0.130. The standard InChI is InChI=1S/C20H14O5/c21-11-12-3-1-2-4-15(12)20(24)16-7-5-13(22)9-18(16)25-19-10-14(23)6-8-17(19)20/h1-11,22-24H. The largest absolute Gasteiger partial charge is 0.508 e. The lowest BCUT2D eigenvalue weighted by molar-refractivity contribution is 0.104. The minimum Gasteiger partial charge on any atom is -0.508 e. The fourth-order valence-electron chi connectivity index (χ4n) is 3.27. The molecule has 0 atom stereocenters. The topological polar surface area (TPSA) is 87.0 Å². The highest BCUT2D eigenvalue weighted by Crippen LogP contribution is 2.52. The quantitative estimate of drug-likeness (QED) is 0.626. The third-order valence-corrected chi connectivity index (χ3v) is 4.41. The molecule has 124 valence electrons. The number of phenols is 2. The van der Waals surface area contributed by atoms with Crippen LogP contribution in [0.5, 0.6) is 23.0 Å². The Labute approximate surface area is 143 Å². The van der Waals surface area contributed by atoms with Gasteiger partial charge < -0.3 is 20.1 Å². The van der Waals surface area contributed by atoms with Gasteiger partial charge in [0.15, 0.2) is 0 Å². The van der Waals surface area contributed by atoms with Crippen molar-refractivity contribution in [3.8, 4) is 23.0 Å². The molecule has 0 spiro atoms. The number of carbonyl (C=O) groups is 1. The number of phenolic OH excluding ortho intramolecular Hbond substituents is 2. The summed E-state index contributed by atoms with van der Waals surface area (Å²) >= 11 is 0. The van der Waals surface area contributed by atoms with Gasteiger partial charge in [-0.05, 0) is 24.3 Å². The van der Waals surface area contributed by atoms with Crippen molar-refractivity contribution >= 4 is 6.29 Å². The molecule has 25 heavy (non-hydrogen) atoms. The van der Waals surface area contributed by atoms with Crippen molar-refractivity contribution in [1.29, 1.82) is 0 Å². The zero-order valence-corrected chi connectivity index (χ0v) is 13.0. The molecule has 0 fully saturated rings. The maximum atomic E-state index is 11.7. The Bertz CT molecular complexity index is 942. The number of hydrogen-bond donors (Lipinski definition) is 3. The van der Waals surface area contributed by atoms with Crippen molar-refractivity contribution in [3.05, 3.63) is 82.9 Å². The monoisotopic (exact) mass is 334 g/mol. The summed E-state index contributed by atoms with van der Waals surface area (Å²) in [6, 6.07) is 15.5. The Morgan fingerprint density at radius 1 is 0.800 bits per heavy atom. The summed E-state index contributed by atoms with van der Waals surface area (Å²) in [6.45, 7) is 0. The molecular weight excluding hydrogens is 320 g/mol. The van der Waals surface area contributed by atoms with Gasteiger partial charge in [0.1, 0.15) is 34.9 Å². The Kier molecular flexibility index (Phi) is 3.26. The maximum Gasteiger partial charge on any atom is 0.150 e. The van der Waals surface area contributed by atoms with Crippen molar-refractivity contribution in [2.75, 3.05) is 0 Å². The average molecular weight is 334 g/mol. The smallest absolute Gasteiger partial charge is 0.150 e. The zero-order valence-electron chi connectivity index (χ0n) is 13.0. The lowest BCUT2D eigenvalue weighted by atomic mass is 9.76. The Morgan fingerprint density at radius 3 is 1.92 bits per heavy atom. The molecule has 1 aliphatic rings. The first-order valence-electron chi connectivity index (χ1n) is 7.66. The van der Waals surface area contributed by atoms with Crippen LogP contribution in [-0.2, 0) is 5.60 Å². The molecule has 3 aromatic carbocycles. The van der Waals surface area contributed by atoms with Crippen LogP contribution in [0.15, 0.2) is 60.7 Å². The third kappa shape index (κ3) is 2.17. The predicted octanol–water partition coefficient (Wildman–Crippen LogP) is 3.30. The van der Waals surface area contributed by atoms with E-state index in [1.54, 1.807) is 36.4 Å². The molecule has 0 aliphatic carbocycles. The second-order valence-electron chi connectivity index (χ2n) is 5.88. The van der Waals surface area contributed by atoms with E-state index >= 15 is 0 Å². The molecule has 3 aromatic rings. The Hall–Kier alpha value is -3.31. The number of hydrogen-bond acceptors (Lipinski definition) is 5. The number of aldehydes is 1. The van der Waals surface area contributed by atoms with E-state index in [2.05, 4.69) is 0 Å². The van der Waals surface area contributed by atoms with Crippen molar-refractivity contribution in [3.63, 3.8) is 0 Å². The lowest BCUT2D eigenvalue weighted by Gasteiger charge is -2.37. The highest BCUT2D eigenvalue weighted by Gasteiger charge is 2.43. The first kappa shape index (κ1) is 15.2. The molecule has 5 nitrogen and oxygen atoms in total. The molecule has 0 radical (unpaired) electrons. The molecule has 0 aromatic heterocycles. The van der Waals surface area contributed by atoms with Crippen LogP contribution in [0.4, 0.5) is 0 Å². The van der Waals surface area contributed by atoms with Crippen LogP contribution in [0.2, 0.25) is 0 Å². The van der Waals surface area contributed by atoms with Crippen LogP contribution in [-0.4, -0.2) is 21.6 Å². The highest BCUT2D eigenvalue weighted by molar-refractivity contribution is 5.80. The first-order valence-corrected chi connectivity index (χ1v) is 7.66. The van der Waals surface area contributed by atoms with Gasteiger partial charge in [0.25, 0.3) is 0 Å². The molecule has 5 heteroatoms. The summed E-state index contributed by atoms with van der Waals surface area (Å²) in [4.78, 5) is 11.5. The van der Waals surface area contributed by atoms with Gasteiger partial charge in [-0.3, -0.25) is 4.79 Å². The zero-order chi connectivity index (χ0) is 17.6. The van der Waals surface area contributed by atoms with Crippen molar-refractivity contribution in [2.45, 2.75) is 5.60 Å². The molecule has 3 N–H and O–H groups in total. The van der Waals surface area contributed by atoms with Crippen molar-refractivity contribution in [2.24, 2.45) is 0 Å². The number of ether oxygens (including phenoxy) is 1. The molecular formula is C20H14O5. The van der Waals surface area contributed by atoms with E-state index in [1.807, 2.05) is 0 Å². The summed E-state index contributed by atoms with van der Waals surface area (Å²) in [5, 5.41) is 31.3. The van der Waals surface area contributed by atoms with E-state index in [0.717, 1.165) is 0 Å². The Morgan fingerprint density at radius 2 is 1.36 bits per heavy atom. The molecule has 0 saturated carbocycles. The molecule has 4 rings (SSSR count). The number of aliphatic hydroxyl groups is 1. The van der Waals surface area contributed by atoms with E-state index in [9.17, 15) is 20.1 Å². The first-order chi connectivity index (χ1) is 12.0. The van der Waals surface area contributed by atoms with Gasteiger partial charge in [0.2, 0.25) is 0 Å². The maximum absolute atomic E-state index is 11.7. The van der Waals surface area contributed by atoms with Crippen LogP contribution in [0.1, 0.15) is 27.0 Å². The summed E-state index contributed by atoms with van der Waals surface area (Å²) < 4.78 is 5.76. The molecule has 0 unspecified atom stereocenters. The predicted molar refractivity (Wildman–Crippen MR) is 90.2 cm³/mol. The summed E-state index contributed by atoms with van der Waals surface area (Å²) in [6.07, 6.45) is 0.683. The number of fused-ring (bicyclic) bond motifs is 2. The van der Waals surface area contributed by atoms with Gasteiger partial charge in [-0.1, -0.05) is 24.3 Å². The van der Waals surface area contributed by atoms with Gasteiger partial charge in [-0.25, -0.2) is 0 Å². The van der Waals surface area contributed by atoms with Gasteiger partial charge in [-0.15, -0.1) is 0 Å². The molecule has 1 heterocycles. The number of benzene rings is 3. The minimum absolute atomic E-state index is 0.0200.